The lowest BCUT2D eigenvalue weighted by Crippen LogP contribution is -2.49. The molecule has 0 amide bonds. The van der Waals surface area contributed by atoms with Crippen LogP contribution >= 0.6 is 0 Å². The van der Waals surface area contributed by atoms with Crippen molar-refractivity contribution in [3.63, 3.8) is 0 Å². The van der Waals surface area contributed by atoms with Crippen LogP contribution < -0.4 is 5.14 Å². The highest BCUT2D eigenvalue weighted by Crippen LogP contribution is 2.12. The number of hydrogen-bond donors (Lipinski definition) is 1. The average molecular weight is 376 g/mol. The Balaban J connectivity index is 1.83. The topological polar surface area (TPSA) is 101 Å². The van der Waals surface area contributed by atoms with Crippen LogP contribution in [-0.4, -0.2) is 64.5 Å². The summed E-state index contributed by atoms with van der Waals surface area (Å²) in [5.74, 6) is 0.212. The van der Waals surface area contributed by atoms with E-state index in [9.17, 15) is 16.8 Å². The molecule has 0 radical (unpaired) electrons. The van der Waals surface area contributed by atoms with E-state index in [1.54, 1.807) is 16.4 Å². The SMILES string of the molecule is CCCS(=O)(=O)N1CCN(CCc2ccc(S(N)(=O)=O)cc2)CC1. The molecule has 2 rings (SSSR count). The van der Waals surface area contributed by atoms with Crippen molar-refractivity contribution in [2.24, 2.45) is 5.14 Å². The van der Waals surface area contributed by atoms with Crippen molar-refractivity contribution in [3.8, 4) is 0 Å². The fraction of sp³-hybridized carbons (Fsp3) is 0.600. The van der Waals surface area contributed by atoms with Gasteiger partial charge < -0.3 is 4.90 Å². The molecule has 2 N–H and O–H groups in total. The minimum Gasteiger partial charge on any atom is -0.300 e. The zero-order valence-electron chi connectivity index (χ0n) is 13.9. The van der Waals surface area contributed by atoms with Crippen LogP contribution in [-0.2, 0) is 26.5 Å². The van der Waals surface area contributed by atoms with E-state index in [1.807, 2.05) is 6.92 Å². The third kappa shape index (κ3) is 5.25. The van der Waals surface area contributed by atoms with Gasteiger partial charge in [-0.05, 0) is 30.5 Å². The Labute approximate surface area is 144 Å². The summed E-state index contributed by atoms with van der Waals surface area (Å²) >= 11 is 0. The van der Waals surface area contributed by atoms with Crippen LogP contribution in [0.1, 0.15) is 18.9 Å². The van der Waals surface area contributed by atoms with E-state index in [-0.39, 0.29) is 10.6 Å². The van der Waals surface area contributed by atoms with Crippen LogP contribution in [0.3, 0.4) is 0 Å². The van der Waals surface area contributed by atoms with Gasteiger partial charge in [0, 0.05) is 32.7 Å². The molecule has 1 fully saturated rings. The largest absolute Gasteiger partial charge is 0.300 e. The van der Waals surface area contributed by atoms with E-state index in [0.717, 1.165) is 31.6 Å². The summed E-state index contributed by atoms with van der Waals surface area (Å²) in [6, 6.07) is 6.56. The molecule has 0 bridgehead atoms. The Morgan fingerprint density at radius 2 is 1.58 bits per heavy atom. The van der Waals surface area contributed by atoms with E-state index >= 15 is 0 Å². The normalized spacial score (nSPS) is 17.9. The van der Waals surface area contributed by atoms with E-state index in [0.29, 0.717) is 19.5 Å². The highest BCUT2D eigenvalue weighted by Gasteiger charge is 2.25. The second-order valence-corrected chi connectivity index (χ2v) is 9.65. The maximum atomic E-state index is 12.0. The summed E-state index contributed by atoms with van der Waals surface area (Å²) in [6.45, 7) is 5.20. The summed E-state index contributed by atoms with van der Waals surface area (Å²) < 4.78 is 48.1. The molecule has 0 atom stereocenters. The van der Waals surface area contributed by atoms with E-state index in [4.69, 9.17) is 5.14 Å². The van der Waals surface area contributed by atoms with Crippen molar-refractivity contribution in [2.75, 3.05) is 38.5 Å². The average Bonchev–Trinajstić information content (AvgIpc) is 2.53. The minimum atomic E-state index is -3.65. The molecule has 0 aliphatic carbocycles. The first-order valence-corrected chi connectivity index (χ1v) is 11.2. The Kier molecular flexibility index (Phi) is 6.38. The van der Waals surface area contributed by atoms with Gasteiger partial charge in [0.1, 0.15) is 0 Å². The quantitative estimate of drug-likeness (QED) is 0.735. The molecule has 0 unspecified atom stereocenters. The van der Waals surface area contributed by atoms with Crippen molar-refractivity contribution in [3.05, 3.63) is 29.8 Å². The third-order valence-electron chi connectivity index (χ3n) is 4.16. The van der Waals surface area contributed by atoms with Gasteiger partial charge in [-0.25, -0.2) is 22.0 Å². The minimum absolute atomic E-state index is 0.112. The summed E-state index contributed by atoms with van der Waals surface area (Å²) in [5.41, 5.74) is 1.03. The summed E-state index contributed by atoms with van der Waals surface area (Å²) in [6.07, 6.45) is 1.42. The van der Waals surface area contributed by atoms with Crippen LogP contribution in [0.2, 0.25) is 0 Å². The maximum absolute atomic E-state index is 12.0. The Bertz CT molecular complexity index is 737. The monoisotopic (exact) mass is 375 g/mol. The molecule has 1 aromatic rings. The molecule has 0 aromatic heterocycles. The molecule has 1 aromatic carbocycles. The standard InChI is InChI=1S/C15H25N3O4S2/c1-2-13-23(19,20)18-11-9-17(10-12-18)8-7-14-3-5-15(6-4-14)24(16,21)22/h3-6H,2,7-13H2,1H3,(H2,16,21,22). The van der Waals surface area contributed by atoms with Gasteiger partial charge in [-0.1, -0.05) is 19.1 Å². The van der Waals surface area contributed by atoms with Gasteiger partial charge in [0.25, 0.3) is 0 Å². The molecule has 1 heterocycles. The number of sulfonamides is 2. The van der Waals surface area contributed by atoms with E-state index < -0.39 is 20.0 Å². The van der Waals surface area contributed by atoms with Gasteiger partial charge in [0.15, 0.2) is 0 Å². The first-order valence-electron chi connectivity index (χ1n) is 8.04. The fourth-order valence-electron chi connectivity index (χ4n) is 2.75. The molecule has 9 heteroatoms. The lowest BCUT2D eigenvalue weighted by atomic mass is 10.1. The molecule has 136 valence electrons. The fourth-order valence-corrected chi connectivity index (χ4v) is 4.76. The van der Waals surface area contributed by atoms with Crippen molar-refractivity contribution in [1.82, 2.24) is 9.21 Å². The third-order valence-corrected chi connectivity index (χ3v) is 7.16. The molecule has 24 heavy (non-hydrogen) atoms. The molecular weight excluding hydrogens is 350 g/mol. The second kappa shape index (κ2) is 7.92. The van der Waals surface area contributed by atoms with Crippen LogP contribution in [0.4, 0.5) is 0 Å². The van der Waals surface area contributed by atoms with Crippen molar-refractivity contribution in [2.45, 2.75) is 24.7 Å². The first kappa shape index (κ1) is 19.3. The van der Waals surface area contributed by atoms with Crippen LogP contribution in [0.15, 0.2) is 29.2 Å². The van der Waals surface area contributed by atoms with Gasteiger partial charge >= 0.3 is 0 Å². The molecule has 1 saturated heterocycles. The Hall–Kier alpha value is -1.00. The van der Waals surface area contributed by atoms with Crippen molar-refractivity contribution >= 4 is 20.0 Å². The van der Waals surface area contributed by atoms with Crippen LogP contribution in [0, 0.1) is 0 Å². The summed E-state index contributed by atoms with van der Waals surface area (Å²) in [4.78, 5) is 2.34. The first-order chi connectivity index (χ1) is 11.2. The second-order valence-electron chi connectivity index (χ2n) is 6.00. The number of nitrogens with two attached hydrogens (primary N) is 1. The predicted molar refractivity (Wildman–Crippen MR) is 93.6 cm³/mol. The van der Waals surface area contributed by atoms with Crippen LogP contribution in [0.5, 0.6) is 0 Å². The number of nitrogens with zero attached hydrogens (tertiary/aromatic N) is 2. The van der Waals surface area contributed by atoms with Crippen LogP contribution in [0.25, 0.3) is 0 Å². The lowest BCUT2D eigenvalue weighted by Gasteiger charge is -2.34. The van der Waals surface area contributed by atoms with Crippen molar-refractivity contribution < 1.29 is 16.8 Å². The number of rotatable bonds is 7. The van der Waals surface area contributed by atoms with Gasteiger partial charge in [-0.2, -0.15) is 4.31 Å². The molecule has 0 spiro atoms. The molecule has 7 nitrogen and oxygen atoms in total. The summed E-state index contributed by atoms with van der Waals surface area (Å²) in [5, 5.41) is 5.08. The van der Waals surface area contributed by atoms with Gasteiger partial charge in [-0.15, -0.1) is 0 Å². The molecular formula is C15H25N3O4S2. The van der Waals surface area contributed by atoms with Gasteiger partial charge in [0.05, 0.1) is 10.6 Å². The van der Waals surface area contributed by atoms with Crippen molar-refractivity contribution in [1.29, 1.82) is 0 Å². The highest BCUT2D eigenvalue weighted by molar-refractivity contribution is 7.89. The number of hydrogen-bond acceptors (Lipinski definition) is 5. The number of benzene rings is 1. The van der Waals surface area contributed by atoms with Gasteiger partial charge in [0.2, 0.25) is 20.0 Å². The summed E-state index contributed by atoms with van der Waals surface area (Å²) in [7, 11) is -6.76. The highest BCUT2D eigenvalue weighted by atomic mass is 32.2. The molecule has 1 aliphatic rings. The zero-order valence-corrected chi connectivity index (χ0v) is 15.5. The van der Waals surface area contributed by atoms with E-state index in [1.165, 1.54) is 12.1 Å². The maximum Gasteiger partial charge on any atom is 0.238 e. The predicted octanol–water partition coefficient (Wildman–Crippen LogP) is 0.234. The molecule has 0 saturated carbocycles. The van der Waals surface area contributed by atoms with E-state index in [2.05, 4.69) is 4.90 Å². The van der Waals surface area contributed by atoms with Gasteiger partial charge in [-0.3, -0.25) is 0 Å². The zero-order chi connectivity index (χ0) is 17.8. The Morgan fingerprint density at radius 3 is 2.08 bits per heavy atom. The number of piperazine rings is 1. The number of primary sulfonamides is 1. The smallest absolute Gasteiger partial charge is 0.238 e. The Morgan fingerprint density at radius 1 is 1.00 bits per heavy atom. The lowest BCUT2D eigenvalue weighted by molar-refractivity contribution is 0.190. The molecule has 1 aliphatic heterocycles.